The summed E-state index contributed by atoms with van der Waals surface area (Å²) >= 11 is 0. The molecule has 1 aliphatic rings. The van der Waals surface area contributed by atoms with Crippen LogP contribution >= 0.6 is 0 Å². The molecule has 0 bridgehead atoms. The van der Waals surface area contributed by atoms with Crippen molar-refractivity contribution >= 4 is 5.91 Å². The van der Waals surface area contributed by atoms with Crippen LogP contribution in [0.5, 0.6) is 5.75 Å². The number of hydrogen-bond donors (Lipinski definition) is 3. The summed E-state index contributed by atoms with van der Waals surface area (Å²) in [6, 6.07) is 11.3. The van der Waals surface area contributed by atoms with Crippen LogP contribution < -0.4 is 10.1 Å². The Kier molecular flexibility index (Phi) is 8.18. The van der Waals surface area contributed by atoms with Crippen molar-refractivity contribution in [3.8, 4) is 34.7 Å². The Balaban J connectivity index is 1.49. The minimum atomic E-state index is -0.881. The van der Waals surface area contributed by atoms with E-state index in [1.807, 2.05) is 32.9 Å². The third-order valence-electron chi connectivity index (χ3n) is 6.28. The number of amides is 1. The monoisotopic (exact) mass is 505 g/mol. The molecule has 1 aromatic heterocycles. The molecular formula is C27H31N5O5. The van der Waals surface area contributed by atoms with E-state index in [1.54, 1.807) is 23.1 Å². The Morgan fingerprint density at radius 1 is 1.32 bits per heavy atom. The van der Waals surface area contributed by atoms with Crippen molar-refractivity contribution in [2.75, 3.05) is 26.2 Å². The summed E-state index contributed by atoms with van der Waals surface area (Å²) in [4.78, 5) is 18.9. The van der Waals surface area contributed by atoms with Gasteiger partial charge in [0.1, 0.15) is 11.8 Å². The van der Waals surface area contributed by atoms with Crippen LogP contribution in [0.3, 0.4) is 0 Å². The van der Waals surface area contributed by atoms with Crippen LogP contribution in [0.4, 0.5) is 0 Å². The maximum Gasteiger partial charge on any atom is 0.258 e. The highest BCUT2D eigenvalue weighted by atomic mass is 16.5. The molecule has 2 heterocycles. The predicted octanol–water partition coefficient (Wildman–Crippen LogP) is 2.20. The normalized spacial score (nSPS) is 13.8. The molecule has 2 aromatic carbocycles. The minimum absolute atomic E-state index is 0.0484. The predicted molar refractivity (Wildman–Crippen MR) is 135 cm³/mol. The number of fused-ring (bicyclic) bond motifs is 1. The number of nitrogens with zero attached hydrogens (tertiary/aromatic N) is 4. The fourth-order valence-electron chi connectivity index (χ4n) is 4.37. The zero-order chi connectivity index (χ0) is 26.5. The van der Waals surface area contributed by atoms with E-state index < -0.39 is 6.10 Å². The first-order valence-corrected chi connectivity index (χ1v) is 12.2. The third-order valence-corrected chi connectivity index (χ3v) is 6.28. The fourth-order valence-corrected chi connectivity index (χ4v) is 4.37. The van der Waals surface area contributed by atoms with Gasteiger partial charge in [-0.2, -0.15) is 10.2 Å². The van der Waals surface area contributed by atoms with Crippen LogP contribution in [0.1, 0.15) is 36.1 Å². The molecule has 0 saturated heterocycles. The second-order valence-electron chi connectivity index (χ2n) is 9.32. The van der Waals surface area contributed by atoms with Crippen LogP contribution in [-0.4, -0.2) is 69.6 Å². The van der Waals surface area contributed by atoms with Crippen molar-refractivity contribution in [3.05, 3.63) is 52.6 Å². The molecule has 4 rings (SSSR count). The molecule has 0 aliphatic carbocycles. The molecular weight excluding hydrogens is 474 g/mol. The van der Waals surface area contributed by atoms with Crippen molar-refractivity contribution in [2.45, 2.75) is 45.9 Å². The number of carbonyl (C=O) groups is 1. The van der Waals surface area contributed by atoms with Gasteiger partial charge >= 0.3 is 0 Å². The number of rotatable bonds is 9. The molecule has 10 heteroatoms. The number of benzene rings is 2. The van der Waals surface area contributed by atoms with Crippen molar-refractivity contribution < 1.29 is 24.3 Å². The second-order valence-corrected chi connectivity index (χ2v) is 9.32. The van der Waals surface area contributed by atoms with E-state index in [-0.39, 0.29) is 31.7 Å². The summed E-state index contributed by atoms with van der Waals surface area (Å²) in [5, 5.41) is 34.9. The minimum Gasteiger partial charge on any atom is -0.490 e. The maximum atomic E-state index is 12.6. The zero-order valence-corrected chi connectivity index (χ0v) is 21.2. The molecule has 10 nitrogen and oxygen atoms in total. The van der Waals surface area contributed by atoms with E-state index in [2.05, 4.69) is 21.5 Å². The second kappa shape index (κ2) is 11.5. The molecule has 0 radical (unpaired) electrons. The van der Waals surface area contributed by atoms with Crippen molar-refractivity contribution in [1.82, 2.24) is 20.4 Å². The van der Waals surface area contributed by atoms with Gasteiger partial charge in [0, 0.05) is 30.8 Å². The van der Waals surface area contributed by atoms with Gasteiger partial charge in [-0.25, -0.2) is 0 Å². The molecule has 1 atom stereocenters. The SMILES string of the molecule is Cc1c(-c2noc(-c3ccc(OC(C)C)c(C#N)c3)n2)ccc2c1CCN(C(=O)CNCC(O)CO)C2. The molecule has 1 amide bonds. The molecule has 0 saturated carbocycles. The van der Waals surface area contributed by atoms with E-state index in [4.69, 9.17) is 14.4 Å². The largest absolute Gasteiger partial charge is 0.490 e. The lowest BCUT2D eigenvalue weighted by Gasteiger charge is -2.30. The van der Waals surface area contributed by atoms with Gasteiger partial charge in [0.05, 0.1) is 30.9 Å². The molecule has 0 fully saturated rings. The zero-order valence-electron chi connectivity index (χ0n) is 21.2. The topological polar surface area (TPSA) is 145 Å². The van der Waals surface area contributed by atoms with E-state index in [0.29, 0.717) is 48.1 Å². The molecule has 1 aliphatic heterocycles. The van der Waals surface area contributed by atoms with E-state index >= 15 is 0 Å². The van der Waals surface area contributed by atoms with Gasteiger partial charge in [0.2, 0.25) is 11.7 Å². The van der Waals surface area contributed by atoms with Gasteiger partial charge in [-0.15, -0.1) is 0 Å². The lowest BCUT2D eigenvalue weighted by atomic mass is 9.91. The van der Waals surface area contributed by atoms with Gasteiger partial charge in [-0.1, -0.05) is 17.3 Å². The first-order chi connectivity index (χ1) is 17.8. The number of hydrogen-bond acceptors (Lipinski definition) is 9. The summed E-state index contributed by atoms with van der Waals surface area (Å²) in [6.07, 6.45) is -0.228. The third kappa shape index (κ3) is 5.97. The van der Waals surface area contributed by atoms with E-state index in [0.717, 1.165) is 16.7 Å². The van der Waals surface area contributed by atoms with Gasteiger partial charge in [-0.3, -0.25) is 4.79 Å². The molecule has 194 valence electrons. The lowest BCUT2D eigenvalue weighted by molar-refractivity contribution is -0.131. The van der Waals surface area contributed by atoms with Crippen LogP contribution in [0.2, 0.25) is 0 Å². The Hall–Kier alpha value is -3.78. The smallest absolute Gasteiger partial charge is 0.258 e. The van der Waals surface area contributed by atoms with Gasteiger partial charge in [0.25, 0.3) is 5.89 Å². The summed E-state index contributed by atoms with van der Waals surface area (Å²) in [5.41, 5.74) is 5.16. The molecule has 3 aromatic rings. The number of nitrogens with one attached hydrogen (secondary N) is 1. The Bertz CT molecular complexity index is 1310. The number of aliphatic hydroxyl groups excluding tert-OH is 2. The first-order valence-electron chi connectivity index (χ1n) is 12.2. The van der Waals surface area contributed by atoms with Crippen LogP contribution in [0.25, 0.3) is 22.8 Å². The highest BCUT2D eigenvalue weighted by Crippen LogP contribution is 2.32. The molecule has 1 unspecified atom stereocenters. The van der Waals surface area contributed by atoms with Crippen molar-refractivity contribution in [3.63, 3.8) is 0 Å². The average Bonchev–Trinajstić information content (AvgIpc) is 3.38. The average molecular weight is 506 g/mol. The Morgan fingerprint density at radius 3 is 2.86 bits per heavy atom. The van der Waals surface area contributed by atoms with Crippen molar-refractivity contribution in [2.24, 2.45) is 0 Å². The summed E-state index contributed by atoms with van der Waals surface area (Å²) < 4.78 is 11.2. The van der Waals surface area contributed by atoms with Crippen LogP contribution in [-0.2, 0) is 17.8 Å². The number of carbonyl (C=O) groups excluding carboxylic acids is 1. The number of nitriles is 1. The van der Waals surface area contributed by atoms with Crippen LogP contribution in [0.15, 0.2) is 34.9 Å². The van der Waals surface area contributed by atoms with Gasteiger partial charge < -0.3 is 29.7 Å². The number of aromatic nitrogens is 2. The van der Waals surface area contributed by atoms with E-state index in [1.165, 1.54) is 5.56 Å². The lowest BCUT2D eigenvalue weighted by Crippen LogP contribution is -2.43. The molecule has 3 N–H and O–H groups in total. The summed E-state index contributed by atoms with van der Waals surface area (Å²) in [6.45, 7) is 6.83. The number of ether oxygens (including phenoxy) is 1. The standard InChI is InChI=1S/C27H31N5O5/c1-16(2)36-24-7-5-18(10-20(24)11-28)27-30-26(31-37-27)23-6-4-19-14-32(9-8-22(19)17(23)3)25(35)13-29-12-21(34)15-33/h4-7,10,16,21,29,33-34H,8-9,12-15H2,1-3H3. The van der Waals surface area contributed by atoms with E-state index in [9.17, 15) is 15.2 Å². The van der Waals surface area contributed by atoms with Crippen molar-refractivity contribution in [1.29, 1.82) is 5.26 Å². The summed E-state index contributed by atoms with van der Waals surface area (Å²) in [7, 11) is 0. The quantitative estimate of drug-likeness (QED) is 0.398. The fraction of sp³-hybridized carbons (Fsp3) is 0.407. The Labute approximate surface area is 215 Å². The van der Waals surface area contributed by atoms with Gasteiger partial charge in [-0.05, 0) is 62.1 Å². The molecule has 37 heavy (non-hydrogen) atoms. The highest BCUT2D eigenvalue weighted by Gasteiger charge is 2.24. The molecule has 0 spiro atoms. The highest BCUT2D eigenvalue weighted by molar-refractivity contribution is 5.79. The maximum absolute atomic E-state index is 12.6. The first kappa shape index (κ1) is 26.3. The number of aliphatic hydroxyl groups is 2. The Morgan fingerprint density at radius 2 is 2.14 bits per heavy atom. The van der Waals surface area contributed by atoms with Gasteiger partial charge in [0.15, 0.2) is 0 Å². The summed E-state index contributed by atoms with van der Waals surface area (Å²) in [5.74, 6) is 1.23. The van der Waals surface area contributed by atoms with Crippen LogP contribution in [0, 0.1) is 18.3 Å².